The zero-order chi connectivity index (χ0) is 19.7. The number of Topliss-reactive ketones (excluding diaryl/α,β-unsaturated/α-hetero) is 1. The number of hydrogen-bond donors (Lipinski definition) is 0. The summed E-state index contributed by atoms with van der Waals surface area (Å²) in [7, 11) is 0. The number of hydrogen-bond acceptors (Lipinski definition) is 3. The van der Waals surface area contributed by atoms with Crippen molar-refractivity contribution in [2.45, 2.75) is 32.4 Å². The van der Waals surface area contributed by atoms with E-state index in [9.17, 15) is 13.6 Å². The van der Waals surface area contributed by atoms with Crippen molar-refractivity contribution in [3.8, 4) is 0 Å². The van der Waals surface area contributed by atoms with Crippen LogP contribution in [0.2, 0.25) is 0 Å². The van der Waals surface area contributed by atoms with Crippen molar-refractivity contribution in [3.05, 3.63) is 66.0 Å². The fourth-order valence-electron chi connectivity index (χ4n) is 4.11. The number of imidazole rings is 1. The largest absolute Gasteiger partial charge is 0.320 e. The van der Waals surface area contributed by atoms with Gasteiger partial charge in [-0.15, -0.1) is 0 Å². The van der Waals surface area contributed by atoms with E-state index in [1.165, 1.54) is 0 Å². The number of halogens is 2. The summed E-state index contributed by atoms with van der Waals surface area (Å²) in [5.41, 5.74) is 1.78. The zero-order valence-electron chi connectivity index (χ0n) is 15.8. The second-order valence-corrected chi connectivity index (χ2v) is 7.32. The molecule has 4 rings (SSSR count). The van der Waals surface area contributed by atoms with Crippen LogP contribution in [0.5, 0.6) is 0 Å². The number of fused-ring (bicyclic) bond motifs is 1. The van der Waals surface area contributed by atoms with Crippen LogP contribution in [0.4, 0.5) is 8.78 Å². The highest BCUT2D eigenvalue weighted by atomic mass is 19.3. The molecule has 4 nitrogen and oxygen atoms in total. The van der Waals surface area contributed by atoms with Crippen LogP contribution in [0.15, 0.2) is 54.6 Å². The van der Waals surface area contributed by atoms with E-state index >= 15 is 0 Å². The van der Waals surface area contributed by atoms with Crippen molar-refractivity contribution in [2.24, 2.45) is 5.92 Å². The Hall–Kier alpha value is -2.60. The monoisotopic (exact) mass is 383 g/mol. The average molecular weight is 383 g/mol. The molecule has 1 saturated heterocycles. The van der Waals surface area contributed by atoms with Crippen molar-refractivity contribution >= 4 is 16.8 Å². The Morgan fingerprint density at radius 3 is 2.36 bits per heavy atom. The third-order valence-corrected chi connectivity index (χ3v) is 5.70. The minimum atomic E-state index is -2.64. The summed E-state index contributed by atoms with van der Waals surface area (Å²) in [5, 5.41) is 0. The van der Waals surface area contributed by atoms with Gasteiger partial charge in [-0.3, -0.25) is 14.3 Å². The van der Waals surface area contributed by atoms with Gasteiger partial charge in [-0.2, -0.15) is 8.78 Å². The Labute approximate surface area is 162 Å². The Morgan fingerprint density at radius 1 is 1.04 bits per heavy atom. The first kappa shape index (κ1) is 18.7. The number of aromatic nitrogens is 2. The topological polar surface area (TPSA) is 38.1 Å². The van der Waals surface area contributed by atoms with E-state index in [-0.39, 0.29) is 17.7 Å². The van der Waals surface area contributed by atoms with Gasteiger partial charge in [0.1, 0.15) is 5.82 Å². The highest BCUT2D eigenvalue weighted by molar-refractivity contribution is 5.97. The first-order valence-electron chi connectivity index (χ1n) is 9.64. The van der Waals surface area contributed by atoms with Gasteiger partial charge in [0.2, 0.25) is 0 Å². The van der Waals surface area contributed by atoms with Gasteiger partial charge in [0.25, 0.3) is 0 Å². The van der Waals surface area contributed by atoms with E-state index in [1.54, 1.807) is 24.3 Å². The Balaban J connectivity index is 1.50. The predicted molar refractivity (Wildman–Crippen MR) is 104 cm³/mol. The van der Waals surface area contributed by atoms with Crippen LogP contribution in [-0.2, 0) is 0 Å². The number of nitrogens with zero attached hydrogens (tertiary/aromatic N) is 3. The van der Waals surface area contributed by atoms with E-state index in [4.69, 9.17) is 0 Å². The SMILES string of the molecule is C[C@@H](c1nc2ccccc2n1C(F)F)N1CCC(C(=O)c2ccccc2)CC1. The summed E-state index contributed by atoms with van der Waals surface area (Å²) in [5.74, 6) is 0.538. The fourth-order valence-corrected chi connectivity index (χ4v) is 4.11. The van der Waals surface area contributed by atoms with Crippen LogP contribution in [-0.4, -0.2) is 33.3 Å². The molecule has 28 heavy (non-hydrogen) atoms. The lowest BCUT2D eigenvalue weighted by atomic mass is 9.88. The molecule has 0 unspecified atom stereocenters. The molecule has 0 aliphatic carbocycles. The van der Waals surface area contributed by atoms with E-state index < -0.39 is 6.55 Å². The van der Waals surface area contributed by atoms with Crippen LogP contribution >= 0.6 is 0 Å². The van der Waals surface area contributed by atoms with Gasteiger partial charge >= 0.3 is 6.55 Å². The van der Waals surface area contributed by atoms with E-state index in [0.29, 0.717) is 29.9 Å². The molecule has 3 aromatic rings. The molecule has 0 amide bonds. The molecule has 0 N–H and O–H groups in total. The minimum Gasteiger partial charge on any atom is -0.294 e. The lowest BCUT2D eigenvalue weighted by Crippen LogP contribution is -2.38. The molecule has 1 fully saturated rings. The smallest absolute Gasteiger partial charge is 0.294 e. The van der Waals surface area contributed by atoms with E-state index in [0.717, 1.165) is 23.0 Å². The van der Waals surface area contributed by atoms with Gasteiger partial charge in [-0.1, -0.05) is 42.5 Å². The molecule has 1 aliphatic heterocycles. The lowest BCUT2D eigenvalue weighted by Gasteiger charge is -2.35. The molecule has 2 heterocycles. The second kappa shape index (κ2) is 7.80. The van der Waals surface area contributed by atoms with Gasteiger partial charge in [-0.25, -0.2) is 4.98 Å². The molecule has 0 radical (unpaired) electrons. The second-order valence-electron chi connectivity index (χ2n) is 7.32. The number of para-hydroxylation sites is 2. The van der Waals surface area contributed by atoms with Gasteiger partial charge < -0.3 is 0 Å². The van der Waals surface area contributed by atoms with Gasteiger partial charge in [-0.05, 0) is 45.0 Å². The Bertz CT molecular complexity index is 962. The predicted octanol–water partition coefficient (Wildman–Crippen LogP) is 5.09. The molecule has 1 aliphatic rings. The summed E-state index contributed by atoms with van der Waals surface area (Å²) in [4.78, 5) is 19.3. The van der Waals surface area contributed by atoms with Gasteiger partial charge in [0, 0.05) is 11.5 Å². The molecule has 0 spiro atoms. The number of carbonyl (C=O) groups excluding carboxylic acids is 1. The molecule has 1 atom stereocenters. The highest BCUT2D eigenvalue weighted by Crippen LogP contribution is 2.32. The average Bonchev–Trinajstić information content (AvgIpc) is 3.13. The normalized spacial score (nSPS) is 17.3. The molecule has 1 aromatic heterocycles. The molecule has 6 heteroatoms. The number of likely N-dealkylation sites (tertiary alicyclic amines) is 1. The summed E-state index contributed by atoms with van der Waals surface area (Å²) < 4.78 is 28.5. The number of benzene rings is 2. The van der Waals surface area contributed by atoms with Crippen LogP contribution in [0.1, 0.15) is 48.5 Å². The summed E-state index contributed by atoms with van der Waals surface area (Å²) in [6.45, 7) is 0.662. The minimum absolute atomic E-state index is 0.0141. The van der Waals surface area contributed by atoms with Gasteiger partial charge in [0.15, 0.2) is 5.78 Å². The van der Waals surface area contributed by atoms with Crippen LogP contribution in [0.3, 0.4) is 0 Å². The number of piperidine rings is 1. The van der Waals surface area contributed by atoms with E-state index in [2.05, 4.69) is 9.88 Å². The molecule has 0 bridgehead atoms. The maximum Gasteiger partial charge on any atom is 0.320 e. The number of carbonyl (C=O) groups is 1. The van der Waals surface area contributed by atoms with Crippen molar-refractivity contribution in [3.63, 3.8) is 0 Å². The maximum absolute atomic E-state index is 13.7. The lowest BCUT2D eigenvalue weighted by molar-refractivity contribution is 0.0595. The van der Waals surface area contributed by atoms with Crippen LogP contribution in [0, 0.1) is 5.92 Å². The van der Waals surface area contributed by atoms with Gasteiger partial charge in [0.05, 0.1) is 17.1 Å². The Kier molecular flexibility index (Phi) is 5.22. The zero-order valence-corrected chi connectivity index (χ0v) is 15.8. The first-order valence-corrected chi connectivity index (χ1v) is 9.64. The summed E-state index contributed by atoms with van der Waals surface area (Å²) in [6, 6.07) is 16.1. The molecular formula is C22H23F2N3O. The van der Waals surface area contributed by atoms with Crippen LogP contribution < -0.4 is 0 Å². The molecule has 0 saturated carbocycles. The third kappa shape index (κ3) is 3.44. The molecular weight excluding hydrogens is 360 g/mol. The first-order chi connectivity index (χ1) is 13.6. The Morgan fingerprint density at radius 2 is 1.68 bits per heavy atom. The van der Waals surface area contributed by atoms with Crippen molar-refractivity contribution < 1.29 is 13.6 Å². The summed E-state index contributed by atoms with van der Waals surface area (Å²) >= 11 is 0. The molecule has 146 valence electrons. The highest BCUT2D eigenvalue weighted by Gasteiger charge is 2.31. The fraction of sp³-hybridized carbons (Fsp3) is 0.364. The maximum atomic E-state index is 13.7. The van der Waals surface area contributed by atoms with Crippen LogP contribution in [0.25, 0.3) is 11.0 Å². The third-order valence-electron chi connectivity index (χ3n) is 5.70. The summed E-state index contributed by atoms with van der Waals surface area (Å²) in [6.07, 6.45) is 1.46. The standard InChI is InChI=1S/C22H23F2N3O/c1-15(21-25-18-9-5-6-10-19(18)27(21)22(23)24)26-13-11-17(12-14-26)20(28)16-7-3-2-4-8-16/h2-10,15,17,22H,11-14H2,1H3/t15-/m0/s1. The van der Waals surface area contributed by atoms with Crippen molar-refractivity contribution in [1.82, 2.24) is 14.5 Å². The number of ketones is 1. The number of alkyl halides is 2. The quantitative estimate of drug-likeness (QED) is 0.576. The number of rotatable bonds is 5. The van der Waals surface area contributed by atoms with E-state index in [1.807, 2.05) is 37.3 Å². The molecule has 2 aromatic carbocycles. The van der Waals surface area contributed by atoms with Crippen molar-refractivity contribution in [2.75, 3.05) is 13.1 Å². The van der Waals surface area contributed by atoms with Crippen molar-refractivity contribution in [1.29, 1.82) is 0 Å².